The van der Waals surface area contributed by atoms with E-state index in [1.54, 1.807) is 35.3 Å². The van der Waals surface area contributed by atoms with Crippen LogP contribution >= 0.6 is 35.3 Å². The highest BCUT2D eigenvalue weighted by Gasteiger charge is 2.08. The summed E-state index contributed by atoms with van der Waals surface area (Å²) >= 11 is 5.08. The molecule has 2 nitrogen and oxygen atoms in total. The summed E-state index contributed by atoms with van der Waals surface area (Å²) in [5, 5.41) is 0. The molecule has 0 fully saturated rings. The molecule has 0 aliphatic heterocycles. The first-order chi connectivity index (χ1) is 10.1. The van der Waals surface area contributed by atoms with Crippen LogP contribution in [0.4, 0.5) is 11.4 Å². The third-order valence-electron chi connectivity index (χ3n) is 3.31. The van der Waals surface area contributed by atoms with Crippen LogP contribution in [-0.4, -0.2) is 18.8 Å². The quantitative estimate of drug-likeness (QED) is 0.617. The molecule has 0 saturated heterocycles. The Morgan fingerprint density at radius 2 is 1.29 bits per heavy atom. The van der Waals surface area contributed by atoms with Crippen molar-refractivity contribution < 1.29 is 0 Å². The summed E-state index contributed by atoms with van der Waals surface area (Å²) in [7, 11) is 0. The Labute approximate surface area is 139 Å². The van der Waals surface area contributed by atoms with Crippen LogP contribution in [0.5, 0.6) is 0 Å². The van der Waals surface area contributed by atoms with Gasteiger partial charge in [-0.05, 0) is 60.6 Å². The van der Waals surface area contributed by atoms with Crippen LogP contribution in [0.3, 0.4) is 0 Å². The van der Waals surface area contributed by atoms with Crippen molar-refractivity contribution in [1.82, 2.24) is 0 Å². The van der Waals surface area contributed by atoms with E-state index in [1.807, 2.05) is 6.07 Å². The van der Waals surface area contributed by atoms with E-state index >= 15 is 0 Å². The zero-order valence-electron chi connectivity index (χ0n) is 12.5. The molecule has 0 amide bonds. The normalized spacial score (nSPS) is 10.8. The molecule has 112 valence electrons. The molecular weight excluding hydrogens is 316 g/mol. The van der Waals surface area contributed by atoms with Crippen molar-refractivity contribution in [2.24, 2.45) is 0 Å². The van der Waals surface area contributed by atoms with Crippen molar-refractivity contribution in [3.63, 3.8) is 0 Å². The maximum Gasteiger partial charge on any atom is 0.0590 e. The van der Waals surface area contributed by atoms with Gasteiger partial charge in [0.15, 0.2) is 0 Å². The fourth-order valence-corrected chi connectivity index (χ4v) is 4.03. The SMILES string of the molecule is CSc1cc(Cc2cc(SC)c(N)c(SC)c2)ccc1N. The van der Waals surface area contributed by atoms with Gasteiger partial charge in [-0.3, -0.25) is 0 Å². The first-order valence-corrected chi connectivity index (χ1v) is 10.2. The average molecular weight is 337 g/mol. The lowest BCUT2D eigenvalue weighted by Crippen LogP contribution is -1.97. The Hall–Kier alpha value is -0.910. The van der Waals surface area contributed by atoms with Gasteiger partial charge in [0.25, 0.3) is 0 Å². The average Bonchev–Trinajstić information content (AvgIpc) is 2.50. The standard InChI is InChI=1S/C16H20N2S3/c1-19-13-7-10(4-5-12(13)17)6-11-8-14(20-2)16(18)15(9-11)21-3/h4-5,7-9H,6,17-18H2,1-3H3. The summed E-state index contributed by atoms with van der Waals surface area (Å²) in [5.41, 5.74) is 16.4. The number of rotatable bonds is 5. The molecule has 0 saturated carbocycles. The van der Waals surface area contributed by atoms with Crippen LogP contribution in [0.15, 0.2) is 45.0 Å². The highest BCUT2D eigenvalue weighted by atomic mass is 32.2. The minimum atomic E-state index is 0.846. The van der Waals surface area contributed by atoms with E-state index in [4.69, 9.17) is 11.5 Å². The minimum absolute atomic E-state index is 0.846. The Kier molecular flexibility index (Phi) is 5.79. The first kappa shape index (κ1) is 16.5. The second kappa shape index (κ2) is 7.38. The van der Waals surface area contributed by atoms with Crippen molar-refractivity contribution in [1.29, 1.82) is 0 Å². The lowest BCUT2D eigenvalue weighted by Gasteiger charge is -2.12. The second-order valence-corrected chi connectivity index (χ2v) is 7.21. The van der Waals surface area contributed by atoms with E-state index in [1.165, 1.54) is 11.1 Å². The summed E-state index contributed by atoms with van der Waals surface area (Å²) in [4.78, 5) is 3.44. The van der Waals surface area contributed by atoms with Crippen LogP contribution in [0, 0.1) is 0 Å². The van der Waals surface area contributed by atoms with Crippen LogP contribution in [0.2, 0.25) is 0 Å². The third kappa shape index (κ3) is 3.84. The molecule has 4 N–H and O–H groups in total. The number of benzene rings is 2. The van der Waals surface area contributed by atoms with Crippen molar-refractivity contribution in [2.75, 3.05) is 30.2 Å². The zero-order valence-corrected chi connectivity index (χ0v) is 14.9. The monoisotopic (exact) mass is 336 g/mol. The van der Waals surface area contributed by atoms with Gasteiger partial charge >= 0.3 is 0 Å². The Morgan fingerprint density at radius 3 is 1.81 bits per heavy atom. The number of nitrogen functional groups attached to an aromatic ring is 2. The summed E-state index contributed by atoms with van der Waals surface area (Å²) in [6.07, 6.45) is 7.08. The van der Waals surface area contributed by atoms with Crippen LogP contribution in [-0.2, 0) is 6.42 Å². The number of anilines is 2. The molecule has 0 radical (unpaired) electrons. The van der Waals surface area contributed by atoms with E-state index in [2.05, 4.69) is 43.0 Å². The molecule has 0 aliphatic rings. The van der Waals surface area contributed by atoms with Gasteiger partial charge in [-0.15, -0.1) is 35.3 Å². The lowest BCUT2D eigenvalue weighted by atomic mass is 10.0. The molecule has 21 heavy (non-hydrogen) atoms. The molecule has 0 unspecified atom stereocenters. The highest BCUT2D eigenvalue weighted by molar-refractivity contribution is 7.99. The molecule has 0 atom stereocenters. The summed E-state index contributed by atoms with van der Waals surface area (Å²) in [5.74, 6) is 0. The lowest BCUT2D eigenvalue weighted by molar-refractivity contribution is 1.13. The van der Waals surface area contributed by atoms with Crippen molar-refractivity contribution >= 4 is 46.7 Å². The summed E-state index contributed by atoms with van der Waals surface area (Å²) < 4.78 is 0. The van der Waals surface area contributed by atoms with Crippen molar-refractivity contribution in [2.45, 2.75) is 21.1 Å². The van der Waals surface area contributed by atoms with Gasteiger partial charge in [-0.25, -0.2) is 0 Å². The van der Waals surface area contributed by atoms with Gasteiger partial charge in [0, 0.05) is 20.4 Å². The number of thioether (sulfide) groups is 3. The molecule has 0 bridgehead atoms. The molecule has 2 aromatic rings. The highest BCUT2D eigenvalue weighted by Crippen LogP contribution is 2.34. The van der Waals surface area contributed by atoms with Crippen LogP contribution in [0.1, 0.15) is 11.1 Å². The van der Waals surface area contributed by atoms with Gasteiger partial charge in [-0.1, -0.05) is 6.07 Å². The minimum Gasteiger partial charge on any atom is -0.398 e. The third-order valence-corrected chi connectivity index (χ3v) is 5.66. The van der Waals surface area contributed by atoms with E-state index in [0.717, 1.165) is 32.5 Å². The van der Waals surface area contributed by atoms with E-state index < -0.39 is 0 Å². The van der Waals surface area contributed by atoms with Gasteiger partial charge < -0.3 is 11.5 Å². The maximum atomic E-state index is 6.17. The molecule has 2 aromatic carbocycles. The van der Waals surface area contributed by atoms with Crippen molar-refractivity contribution in [3.05, 3.63) is 41.5 Å². The maximum absolute atomic E-state index is 6.17. The second-order valence-electron chi connectivity index (χ2n) is 4.67. The Balaban J connectivity index is 2.35. The molecule has 0 spiro atoms. The fourth-order valence-electron chi connectivity index (χ4n) is 2.20. The smallest absolute Gasteiger partial charge is 0.0590 e. The molecule has 0 heterocycles. The van der Waals surface area contributed by atoms with Gasteiger partial charge in [0.05, 0.1) is 5.69 Å². The van der Waals surface area contributed by atoms with Gasteiger partial charge in [0.2, 0.25) is 0 Å². The van der Waals surface area contributed by atoms with Crippen LogP contribution < -0.4 is 11.5 Å². The van der Waals surface area contributed by atoms with E-state index in [0.29, 0.717) is 0 Å². The fraction of sp³-hybridized carbons (Fsp3) is 0.250. The first-order valence-electron chi connectivity index (χ1n) is 6.51. The van der Waals surface area contributed by atoms with E-state index in [-0.39, 0.29) is 0 Å². The van der Waals surface area contributed by atoms with Crippen molar-refractivity contribution in [3.8, 4) is 0 Å². The summed E-state index contributed by atoms with van der Waals surface area (Å²) in [6, 6.07) is 10.6. The number of nitrogens with two attached hydrogens (primary N) is 2. The molecule has 5 heteroatoms. The molecule has 2 rings (SSSR count). The largest absolute Gasteiger partial charge is 0.398 e. The predicted octanol–water partition coefficient (Wildman–Crippen LogP) is 4.61. The number of hydrogen-bond donors (Lipinski definition) is 2. The Bertz CT molecular complexity index is 616. The summed E-state index contributed by atoms with van der Waals surface area (Å²) in [6.45, 7) is 0. The van der Waals surface area contributed by atoms with Crippen LogP contribution in [0.25, 0.3) is 0 Å². The van der Waals surface area contributed by atoms with E-state index in [9.17, 15) is 0 Å². The Morgan fingerprint density at radius 1 is 0.762 bits per heavy atom. The van der Waals surface area contributed by atoms with Gasteiger partial charge in [0.1, 0.15) is 0 Å². The molecular formula is C16H20N2S3. The zero-order chi connectivity index (χ0) is 15.4. The molecule has 0 aliphatic carbocycles. The molecule has 0 aromatic heterocycles. The number of hydrogen-bond acceptors (Lipinski definition) is 5. The predicted molar refractivity (Wildman–Crippen MR) is 99.9 cm³/mol. The van der Waals surface area contributed by atoms with Gasteiger partial charge in [-0.2, -0.15) is 0 Å². The topological polar surface area (TPSA) is 52.0 Å².